The SMILES string of the molecule is CNN=C1CCN(C(N)=O)CC1. The van der Waals surface area contributed by atoms with Crippen molar-refractivity contribution in [1.29, 1.82) is 0 Å². The number of nitrogens with one attached hydrogen (secondary N) is 1. The van der Waals surface area contributed by atoms with E-state index in [1.54, 1.807) is 11.9 Å². The molecule has 0 radical (unpaired) electrons. The van der Waals surface area contributed by atoms with Crippen molar-refractivity contribution in [3.63, 3.8) is 0 Å². The third-order valence-electron chi connectivity index (χ3n) is 1.92. The Balaban J connectivity index is 2.39. The van der Waals surface area contributed by atoms with E-state index in [-0.39, 0.29) is 6.03 Å². The molecule has 1 aliphatic rings. The Morgan fingerprint density at radius 2 is 2.17 bits per heavy atom. The van der Waals surface area contributed by atoms with Crippen LogP contribution in [0.15, 0.2) is 5.10 Å². The monoisotopic (exact) mass is 170 g/mol. The average Bonchev–Trinajstić information content (AvgIpc) is 2.06. The Bertz CT molecular complexity index is 192. The second-order valence-corrected chi connectivity index (χ2v) is 2.73. The Hall–Kier alpha value is -1.26. The molecular weight excluding hydrogens is 156 g/mol. The van der Waals surface area contributed by atoms with E-state index in [4.69, 9.17) is 5.73 Å². The number of nitrogens with zero attached hydrogens (tertiary/aromatic N) is 2. The van der Waals surface area contributed by atoms with E-state index >= 15 is 0 Å². The fourth-order valence-electron chi connectivity index (χ4n) is 1.26. The highest BCUT2D eigenvalue weighted by Crippen LogP contribution is 2.05. The van der Waals surface area contributed by atoms with E-state index in [9.17, 15) is 4.79 Å². The number of rotatable bonds is 1. The van der Waals surface area contributed by atoms with E-state index < -0.39 is 0 Å². The van der Waals surface area contributed by atoms with Crippen LogP contribution in [-0.2, 0) is 0 Å². The van der Waals surface area contributed by atoms with Crippen molar-refractivity contribution in [2.24, 2.45) is 10.8 Å². The minimum atomic E-state index is -0.335. The van der Waals surface area contributed by atoms with E-state index in [1.807, 2.05) is 0 Å². The number of likely N-dealkylation sites (tertiary alicyclic amines) is 1. The van der Waals surface area contributed by atoms with Gasteiger partial charge in [-0.25, -0.2) is 4.79 Å². The number of primary amides is 1. The van der Waals surface area contributed by atoms with Gasteiger partial charge in [0.1, 0.15) is 0 Å². The number of piperidine rings is 1. The van der Waals surface area contributed by atoms with Crippen LogP contribution in [0.25, 0.3) is 0 Å². The summed E-state index contributed by atoms with van der Waals surface area (Å²) in [4.78, 5) is 12.3. The molecule has 0 atom stereocenters. The van der Waals surface area contributed by atoms with Gasteiger partial charge in [-0.15, -0.1) is 0 Å². The summed E-state index contributed by atoms with van der Waals surface area (Å²) in [6.07, 6.45) is 1.65. The molecule has 68 valence electrons. The van der Waals surface area contributed by atoms with Crippen LogP contribution < -0.4 is 11.2 Å². The minimum Gasteiger partial charge on any atom is -0.351 e. The quantitative estimate of drug-likeness (QED) is 0.532. The zero-order valence-electron chi connectivity index (χ0n) is 7.21. The van der Waals surface area contributed by atoms with Crippen molar-refractivity contribution in [3.05, 3.63) is 0 Å². The zero-order valence-corrected chi connectivity index (χ0v) is 7.21. The largest absolute Gasteiger partial charge is 0.351 e. The molecule has 1 heterocycles. The van der Waals surface area contributed by atoms with Crippen LogP contribution in [0.3, 0.4) is 0 Å². The summed E-state index contributed by atoms with van der Waals surface area (Å²) in [6, 6.07) is -0.335. The normalized spacial score (nSPS) is 17.4. The van der Waals surface area contributed by atoms with Crippen molar-refractivity contribution in [1.82, 2.24) is 10.3 Å². The topological polar surface area (TPSA) is 70.7 Å². The van der Waals surface area contributed by atoms with E-state index in [0.29, 0.717) is 13.1 Å². The van der Waals surface area contributed by atoms with Gasteiger partial charge < -0.3 is 16.1 Å². The van der Waals surface area contributed by atoms with Gasteiger partial charge in [-0.3, -0.25) is 0 Å². The predicted molar refractivity (Wildman–Crippen MR) is 46.9 cm³/mol. The molecule has 1 fully saturated rings. The highest BCUT2D eigenvalue weighted by molar-refractivity contribution is 5.86. The van der Waals surface area contributed by atoms with Crippen LogP contribution in [0.5, 0.6) is 0 Å². The molecule has 0 bridgehead atoms. The van der Waals surface area contributed by atoms with Crippen molar-refractivity contribution in [3.8, 4) is 0 Å². The standard InChI is InChI=1S/C7H14N4O/c1-9-10-6-2-4-11(5-3-6)7(8)12/h9H,2-5H2,1H3,(H2,8,12). The first kappa shape index (κ1) is 8.83. The summed E-state index contributed by atoms with van der Waals surface area (Å²) in [5.74, 6) is 0. The smallest absolute Gasteiger partial charge is 0.314 e. The molecule has 0 unspecified atom stereocenters. The second-order valence-electron chi connectivity index (χ2n) is 2.73. The van der Waals surface area contributed by atoms with E-state index in [1.165, 1.54) is 0 Å². The molecule has 0 aromatic heterocycles. The number of nitrogens with two attached hydrogens (primary N) is 1. The lowest BCUT2D eigenvalue weighted by molar-refractivity contribution is 0.207. The van der Waals surface area contributed by atoms with Crippen LogP contribution in [0.4, 0.5) is 4.79 Å². The number of carbonyl (C=O) groups excluding carboxylic acids is 1. The Kier molecular flexibility index (Phi) is 2.90. The highest BCUT2D eigenvalue weighted by atomic mass is 16.2. The van der Waals surface area contributed by atoms with Crippen LogP contribution in [0, 0.1) is 0 Å². The summed E-state index contributed by atoms with van der Waals surface area (Å²) < 4.78 is 0. The van der Waals surface area contributed by atoms with Crippen molar-refractivity contribution < 1.29 is 4.79 Å². The predicted octanol–water partition coefficient (Wildman–Crippen LogP) is -0.264. The molecule has 0 aromatic rings. The third kappa shape index (κ3) is 2.11. The Morgan fingerprint density at radius 1 is 1.58 bits per heavy atom. The fourth-order valence-corrected chi connectivity index (χ4v) is 1.26. The molecular formula is C7H14N4O. The maximum absolute atomic E-state index is 10.7. The van der Waals surface area contributed by atoms with Crippen LogP contribution in [0.1, 0.15) is 12.8 Å². The number of urea groups is 1. The maximum atomic E-state index is 10.7. The molecule has 5 heteroatoms. The molecule has 1 aliphatic heterocycles. The second kappa shape index (κ2) is 3.94. The number of amides is 2. The molecule has 0 aromatic carbocycles. The van der Waals surface area contributed by atoms with Gasteiger partial charge in [0, 0.05) is 38.7 Å². The molecule has 3 N–H and O–H groups in total. The highest BCUT2D eigenvalue weighted by Gasteiger charge is 2.16. The lowest BCUT2D eigenvalue weighted by Gasteiger charge is -2.25. The maximum Gasteiger partial charge on any atom is 0.314 e. The van der Waals surface area contributed by atoms with Gasteiger partial charge >= 0.3 is 6.03 Å². The summed E-state index contributed by atoms with van der Waals surface area (Å²) in [6.45, 7) is 1.38. The average molecular weight is 170 g/mol. The van der Waals surface area contributed by atoms with Gasteiger partial charge in [0.15, 0.2) is 0 Å². The van der Waals surface area contributed by atoms with E-state index in [2.05, 4.69) is 10.5 Å². The molecule has 5 nitrogen and oxygen atoms in total. The van der Waals surface area contributed by atoms with Gasteiger partial charge in [0.25, 0.3) is 0 Å². The van der Waals surface area contributed by atoms with Crippen LogP contribution in [0.2, 0.25) is 0 Å². The van der Waals surface area contributed by atoms with Crippen molar-refractivity contribution in [2.45, 2.75) is 12.8 Å². The first-order valence-electron chi connectivity index (χ1n) is 4.00. The van der Waals surface area contributed by atoms with Crippen LogP contribution >= 0.6 is 0 Å². The molecule has 1 saturated heterocycles. The molecule has 1 rings (SSSR count). The Morgan fingerprint density at radius 3 is 2.58 bits per heavy atom. The zero-order chi connectivity index (χ0) is 8.97. The summed E-state index contributed by atoms with van der Waals surface area (Å²) in [5, 5.41) is 4.07. The summed E-state index contributed by atoms with van der Waals surface area (Å²) in [7, 11) is 1.77. The van der Waals surface area contributed by atoms with Crippen molar-refractivity contribution in [2.75, 3.05) is 20.1 Å². The first-order chi connectivity index (χ1) is 5.74. The molecule has 12 heavy (non-hydrogen) atoms. The molecule has 0 spiro atoms. The van der Waals surface area contributed by atoms with Gasteiger partial charge in [-0.2, -0.15) is 5.10 Å². The number of carbonyl (C=O) groups is 1. The van der Waals surface area contributed by atoms with Gasteiger partial charge in [0.05, 0.1) is 0 Å². The number of hydrazone groups is 1. The third-order valence-corrected chi connectivity index (χ3v) is 1.92. The fraction of sp³-hybridized carbons (Fsp3) is 0.714. The molecule has 0 saturated carbocycles. The number of hydrogen-bond acceptors (Lipinski definition) is 3. The van der Waals surface area contributed by atoms with Gasteiger partial charge in [0.2, 0.25) is 0 Å². The van der Waals surface area contributed by atoms with Crippen molar-refractivity contribution >= 4 is 11.7 Å². The summed E-state index contributed by atoms with van der Waals surface area (Å²) in [5.41, 5.74) is 8.96. The Labute approximate surface area is 71.6 Å². The number of hydrogen-bond donors (Lipinski definition) is 2. The molecule has 2 amide bonds. The molecule has 0 aliphatic carbocycles. The summed E-state index contributed by atoms with van der Waals surface area (Å²) >= 11 is 0. The van der Waals surface area contributed by atoms with Gasteiger partial charge in [-0.1, -0.05) is 0 Å². The first-order valence-corrected chi connectivity index (χ1v) is 4.00. The van der Waals surface area contributed by atoms with Crippen LogP contribution in [-0.4, -0.2) is 36.8 Å². The lowest BCUT2D eigenvalue weighted by atomic mass is 10.1. The minimum absolute atomic E-state index is 0.335. The lowest BCUT2D eigenvalue weighted by Crippen LogP contribution is -2.42. The van der Waals surface area contributed by atoms with E-state index in [0.717, 1.165) is 18.6 Å². The van der Waals surface area contributed by atoms with Gasteiger partial charge in [-0.05, 0) is 0 Å².